The highest BCUT2D eigenvalue weighted by molar-refractivity contribution is 9.10. The number of aryl methyl sites for hydroxylation is 1. The van der Waals surface area contributed by atoms with E-state index in [0.717, 1.165) is 31.8 Å². The lowest BCUT2D eigenvalue weighted by Crippen LogP contribution is -1.94. The minimum absolute atomic E-state index is 0.508. The van der Waals surface area contributed by atoms with Crippen LogP contribution < -0.4 is 5.73 Å². The topological polar surface area (TPSA) is 64.7 Å². The molecule has 2 N–H and O–H groups in total. The molecule has 0 bridgehead atoms. The number of rotatable bonds is 1. The number of anilines is 1. The molecule has 0 aliphatic carbocycles. The highest BCUT2D eigenvalue weighted by Crippen LogP contribution is 2.35. The minimum atomic E-state index is 0.508. The quantitative estimate of drug-likeness (QED) is 0.746. The number of halogens is 1. The molecule has 0 saturated heterocycles. The highest BCUT2D eigenvalue weighted by atomic mass is 79.9. The summed E-state index contributed by atoms with van der Waals surface area (Å²) >= 11 is 5.12. The van der Waals surface area contributed by atoms with E-state index in [9.17, 15) is 0 Å². The van der Waals surface area contributed by atoms with Crippen LogP contribution in [0.5, 0.6) is 0 Å². The van der Waals surface area contributed by atoms with Gasteiger partial charge in [0.05, 0.1) is 20.4 Å². The summed E-state index contributed by atoms with van der Waals surface area (Å²) in [6.45, 7) is 1.89. The molecule has 4 nitrogen and oxygen atoms in total. The summed E-state index contributed by atoms with van der Waals surface area (Å²) < 4.78 is 2.05. The van der Waals surface area contributed by atoms with Gasteiger partial charge in [0.2, 0.25) is 0 Å². The summed E-state index contributed by atoms with van der Waals surface area (Å²) in [5, 5.41) is 2.02. The predicted molar refractivity (Wildman–Crippen MR) is 77.5 cm³/mol. The van der Waals surface area contributed by atoms with Crippen molar-refractivity contribution in [2.45, 2.75) is 6.92 Å². The molecule has 18 heavy (non-hydrogen) atoms. The van der Waals surface area contributed by atoms with Crippen molar-refractivity contribution >= 4 is 43.3 Å². The number of aromatic nitrogens is 3. The third kappa shape index (κ3) is 1.87. The van der Waals surface area contributed by atoms with Crippen molar-refractivity contribution in [2.24, 2.45) is 0 Å². The second kappa shape index (κ2) is 4.29. The molecule has 3 aromatic heterocycles. The van der Waals surface area contributed by atoms with Crippen LogP contribution in [0.4, 0.5) is 5.82 Å². The third-order valence-electron chi connectivity index (χ3n) is 2.54. The van der Waals surface area contributed by atoms with E-state index in [4.69, 9.17) is 5.73 Å². The van der Waals surface area contributed by atoms with Gasteiger partial charge >= 0.3 is 0 Å². The molecule has 0 spiro atoms. The van der Waals surface area contributed by atoms with Gasteiger partial charge in [0.25, 0.3) is 0 Å². The molecule has 3 heterocycles. The molecule has 0 aliphatic rings. The summed E-state index contributed by atoms with van der Waals surface area (Å²) in [6.07, 6.45) is 1.74. The molecule has 0 saturated carbocycles. The fourth-order valence-electron chi connectivity index (χ4n) is 1.74. The van der Waals surface area contributed by atoms with Crippen LogP contribution in [-0.2, 0) is 0 Å². The SMILES string of the molecule is Cc1nc(-c2ccc(N)nc2)c2scc(Br)c2n1. The lowest BCUT2D eigenvalue weighted by Gasteiger charge is -2.04. The summed E-state index contributed by atoms with van der Waals surface area (Å²) in [5.41, 5.74) is 8.40. The number of pyridine rings is 1. The van der Waals surface area contributed by atoms with Gasteiger partial charge in [-0.2, -0.15) is 0 Å². The van der Waals surface area contributed by atoms with Crippen LogP contribution in [-0.4, -0.2) is 15.0 Å². The summed E-state index contributed by atoms with van der Waals surface area (Å²) in [4.78, 5) is 13.1. The standard InChI is InChI=1S/C12H9BrN4S/c1-6-16-10(7-2-3-9(14)15-4-7)12-11(17-6)8(13)5-18-12/h2-5H,1H3,(H2,14,15). The number of thiophene rings is 1. The first kappa shape index (κ1) is 11.6. The minimum Gasteiger partial charge on any atom is -0.384 e. The first-order valence-corrected chi connectivity index (χ1v) is 6.95. The Kier molecular flexibility index (Phi) is 2.76. The molecule has 0 unspecified atom stereocenters. The van der Waals surface area contributed by atoms with E-state index in [1.165, 1.54) is 0 Å². The van der Waals surface area contributed by atoms with Crippen molar-refractivity contribution < 1.29 is 0 Å². The number of hydrogen-bond acceptors (Lipinski definition) is 5. The first-order chi connectivity index (χ1) is 8.65. The lowest BCUT2D eigenvalue weighted by molar-refractivity contribution is 1.10. The fraction of sp³-hybridized carbons (Fsp3) is 0.0833. The Morgan fingerprint density at radius 1 is 1.28 bits per heavy atom. The monoisotopic (exact) mass is 320 g/mol. The smallest absolute Gasteiger partial charge is 0.126 e. The van der Waals surface area contributed by atoms with Crippen LogP contribution in [0.1, 0.15) is 5.82 Å². The molecule has 0 aliphatic heterocycles. The number of nitrogens with zero attached hydrogens (tertiary/aromatic N) is 3. The number of nitrogen functional groups attached to an aromatic ring is 1. The van der Waals surface area contributed by atoms with Gasteiger partial charge in [-0.1, -0.05) is 0 Å². The maximum atomic E-state index is 5.60. The molecule has 3 aromatic rings. The number of hydrogen-bond donors (Lipinski definition) is 1. The van der Waals surface area contributed by atoms with Gasteiger partial charge in [0.1, 0.15) is 11.6 Å². The molecule has 0 fully saturated rings. The van der Waals surface area contributed by atoms with Gasteiger partial charge in [-0.05, 0) is 35.0 Å². The molecular formula is C12H9BrN4S. The molecule has 0 aromatic carbocycles. The van der Waals surface area contributed by atoms with E-state index < -0.39 is 0 Å². The van der Waals surface area contributed by atoms with Gasteiger partial charge in [0, 0.05) is 17.1 Å². The molecule has 90 valence electrons. The van der Waals surface area contributed by atoms with E-state index in [-0.39, 0.29) is 0 Å². The Bertz CT molecular complexity index is 721. The van der Waals surface area contributed by atoms with Gasteiger partial charge in [0.15, 0.2) is 0 Å². The van der Waals surface area contributed by atoms with Crippen LogP contribution in [0.15, 0.2) is 28.2 Å². The highest BCUT2D eigenvalue weighted by Gasteiger charge is 2.12. The Hall–Kier alpha value is -1.53. The second-order valence-corrected chi connectivity index (χ2v) is 5.59. The van der Waals surface area contributed by atoms with Crippen LogP contribution in [0.2, 0.25) is 0 Å². The van der Waals surface area contributed by atoms with E-state index in [1.807, 2.05) is 18.4 Å². The summed E-state index contributed by atoms with van der Waals surface area (Å²) in [5.74, 6) is 1.25. The Labute approximate surface area is 116 Å². The van der Waals surface area contributed by atoms with Crippen molar-refractivity contribution in [1.82, 2.24) is 15.0 Å². The van der Waals surface area contributed by atoms with Crippen molar-refractivity contribution in [3.05, 3.63) is 34.0 Å². The summed E-state index contributed by atoms with van der Waals surface area (Å²) in [6, 6.07) is 3.71. The number of fused-ring (bicyclic) bond motifs is 1. The van der Waals surface area contributed by atoms with Crippen LogP contribution >= 0.6 is 27.3 Å². The van der Waals surface area contributed by atoms with Crippen molar-refractivity contribution in [1.29, 1.82) is 0 Å². The average Bonchev–Trinajstić information content (AvgIpc) is 2.71. The van der Waals surface area contributed by atoms with E-state index in [0.29, 0.717) is 5.82 Å². The third-order valence-corrected chi connectivity index (χ3v) is 4.43. The normalized spacial score (nSPS) is 11.0. The first-order valence-electron chi connectivity index (χ1n) is 5.28. The largest absolute Gasteiger partial charge is 0.384 e. The zero-order chi connectivity index (χ0) is 12.7. The second-order valence-electron chi connectivity index (χ2n) is 3.85. The van der Waals surface area contributed by atoms with E-state index >= 15 is 0 Å². The van der Waals surface area contributed by atoms with Crippen molar-refractivity contribution in [3.8, 4) is 11.3 Å². The van der Waals surface area contributed by atoms with Gasteiger partial charge in [-0.25, -0.2) is 15.0 Å². The molecular weight excluding hydrogens is 312 g/mol. The van der Waals surface area contributed by atoms with E-state index in [2.05, 4.69) is 30.9 Å². The van der Waals surface area contributed by atoms with Crippen molar-refractivity contribution in [2.75, 3.05) is 5.73 Å². The van der Waals surface area contributed by atoms with Crippen LogP contribution in [0, 0.1) is 6.92 Å². The molecule has 6 heteroatoms. The Morgan fingerprint density at radius 3 is 2.83 bits per heavy atom. The number of nitrogens with two attached hydrogens (primary N) is 1. The summed E-state index contributed by atoms with van der Waals surface area (Å²) in [7, 11) is 0. The zero-order valence-electron chi connectivity index (χ0n) is 9.51. The average molecular weight is 321 g/mol. The maximum Gasteiger partial charge on any atom is 0.126 e. The fourth-order valence-corrected chi connectivity index (χ4v) is 3.32. The predicted octanol–water partition coefficient (Wildman–Crippen LogP) is 3.41. The Balaban J connectivity index is 2.31. The van der Waals surface area contributed by atoms with E-state index in [1.54, 1.807) is 23.6 Å². The van der Waals surface area contributed by atoms with Gasteiger partial charge in [-0.15, -0.1) is 11.3 Å². The maximum absolute atomic E-state index is 5.60. The van der Waals surface area contributed by atoms with Crippen LogP contribution in [0.3, 0.4) is 0 Å². The zero-order valence-corrected chi connectivity index (χ0v) is 11.9. The molecule has 0 atom stereocenters. The van der Waals surface area contributed by atoms with Crippen molar-refractivity contribution in [3.63, 3.8) is 0 Å². The molecule has 3 rings (SSSR count). The molecule has 0 radical (unpaired) electrons. The molecule has 0 amide bonds. The van der Waals surface area contributed by atoms with Crippen LogP contribution in [0.25, 0.3) is 21.5 Å². The van der Waals surface area contributed by atoms with Gasteiger partial charge < -0.3 is 5.73 Å². The lowest BCUT2D eigenvalue weighted by atomic mass is 10.2. The Morgan fingerprint density at radius 2 is 2.11 bits per heavy atom. The van der Waals surface area contributed by atoms with Gasteiger partial charge in [-0.3, -0.25) is 0 Å².